The van der Waals surface area contributed by atoms with Crippen LogP contribution in [-0.2, 0) is 6.42 Å². The second kappa shape index (κ2) is 7.42. The number of aromatic nitrogens is 1. The smallest absolute Gasteiger partial charge is 0.276 e. The predicted molar refractivity (Wildman–Crippen MR) is 88.2 cm³/mol. The molecule has 0 N–H and O–H groups in total. The largest absolute Gasteiger partial charge is 0.451 e. The molecule has 0 bridgehead atoms. The summed E-state index contributed by atoms with van der Waals surface area (Å²) < 4.78 is 4.99. The first-order chi connectivity index (χ1) is 11.2. The van der Waals surface area contributed by atoms with Crippen LogP contribution in [0.4, 0.5) is 0 Å². The number of amides is 1. The topological polar surface area (TPSA) is 49.6 Å². The maximum Gasteiger partial charge on any atom is 0.276 e. The normalized spacial score (nSPS) is 16.4. The first-order valence-electron chi connectivity index (χ1n) is 8.15. The Kier molecular flexibility index (Phi) is 5.08. The number of likely N-dealkylation sites (tertiary alicyclic amines) is 1. The second-order valence-corrected chi connectivity index (χ2v) is 6.14. The number of benzene rings is 1. The van der Waals surface area contributed by atoms with Gasteiger partial charge in [-0.1, -0.05) is 30.3 Å². The molecule has 1 aliphatic heterocycles. The molecule has 0 spiro atoms. The SMILES string of the molecule is CN1CCC(N(CCc2ccccc2)C(=O)c2cocn2)CC1. The average molecular weight is 313 g/mol. The van der Waals surface area contributed by atoms with E-state index < -0.39 is 0 Å². The zero-order chi connectivity index (χ0) is 16.1. The van der Waals surface area contributed by atoms with E-state index in [2.05, 4.69) is 29.1 Å². The lowest BCUT2D eigenvalue weighted by Crippen LogP contribution is -2.47. The second-order valence-electron chi connectivity index (χ2n) is 6.14. The Labute approximate surface area is 136 Å². The molecule has 0 radical (unpaired) electrons. The lowest BCUT2D eigenvalue weighted by molar-refractivity contribution is 0.0588. The minimum absolute atomic E-state index is 0.0239. The molecule has 1 aliphatic rings. The summed E-state index contributed by atoms with van der Waals surface area (Å²) in [6.07, 6.45) is 5.63. The van der Waals surface area contributed by atoms with Crippen LogP contribution < -0.4 is 0 Å². The van der Waals surface area contributed by atoms with Gasteiger partial charge in [0.05, 0.1) is 0 Å². The van der Waals surface area contributed by atoms with E-state index in [0.29, 0.717) is 12.2 Å². The first-order valence-corrected chi connectivity index (χ1v) is 8.15. The highest BCUT2D eigenvalue weighted by Crippen LogP contribution is 2.18. The molecule has 0 saturated carbocycles. The van der Waals surface area contributed by atoms with E-state index in [0.717, 1.165) is 32.4 Å². The molecule has 0 unspecified atom stereocenters. The monoisotopic (exact) mass is 313 g/mol. The summed E-state index contributed by atoms with van der Waals surface area (Å²) >= 11 is 0. The van der Waals surface area contributed by atoms with Gasteiger partial charge in [0.25, 0.3) is 5.91 Å². The molecule has 2 heterocycles. The summed E-state index contributed by atoms with van der Waals surface area (Å²) in [4.78, 5) is 21.1. The van der Waals surface area contributed by atoms with Crippen molar-refractivity contribution in [2.24, 2.45) is 0 Å². The van der Waals surface area contributed by atoms with Gasteiger partial charge in [0.2, 0.25) is 0 Å². The van der Waals surface area contributed by atoms with Crippen molar-refractivity contribution >= 4 is 5.91 Å². The number of carbonyl (C=O) groups is 1. The number of oxazole rings is 1. The van der Waals surface area contributed by atoms with Gasteiger partial charge in [-0.3, -0.25) is 4.79 Å². The fraction of sp³-hybridized carbons (Fsp3) is 0.444. The fourth-order valence-corrected chi connectivity index (χ4v) is 3.12. The number of piperidine rings is 1. The predicted octanol–water partition coefficient (Wildman–Crippen LogP) is 2.45. The van der Waals surface area contributed by atoms with E-state index in [-0.39, 0.29) is 11.9 Å². The summed E-state index contributed by atoms with van der Waals surface area (Å²) in [6.45, 7) is 2.77. The highest BCUT2D eigenvalue weighted by Gasteiger charge is 2.28. The van der Waals surface area contributed by atoms with Crippen LogP contribution in [-0.4, -0.2) is 53.4 Å². The van der Waals surface area contributed by atoms with Crippen molar-refractivity contribution in [3.63, 3.8) is 0 Å². The van der Waals surface area contributed by atoms with Gasteiger partial charge in [-0.15, -0.1) is 0 Å². The van der Waals surface area contributed by atoms with Crippen LogP contribution in [0.1, 0.15) is 28.9 Å². The maximum absolute atomic E-state index is 12.8. The summed E-state index contributed by atoms with van der Waals surface area (Å²) in [5.74, 6) is -0.0239. The minimum Gasteiger partial charge on any atom is -0.451 e. The van der Waals surface area contributed by atoms with Crippen molar-refractivity contribution in [2.45, 2.75) is 25.3 Å². The highest BCUT2D eigenvalue weighted by atomic mass is 16.3. The molecule has 0 atom stereocenters. The Bertz CT molecular complexity index is 604. The van der Waals surface area contributed by atoms with Crippen LogP contribution in [0.25, 0.3) is 0 Å². The van der Waals surface area contributed by atoms with Crippen LogP contribution in [0, 0.1) is 0 Å². The van der Waals surface area contributed by atoms with Gasteiger partial charge in [0.1, 0.15) is 6.26 Å². The Hall–Kier alpha value is -2.14. The van der Waals surface area contributed by atoms with E-state index in [1.54, 1.807) is 0 Å². The minimum atomic E-state index is -0.0239. The third kappa shape index (κ3) is 3.99. The fourth-order valence-electron chi connectivity index (χ4n) is 3.12. The maximum atomic E-state index is 12.8. The highest BCUT2D eigenvalue weighted by molar-refractivity contribution is 5.92. The van der Waals surface area contributed by atoms with Crippen LogP contribution in [0.2, 0.25) is 0 Å². The molecule has 1 saturated heterocycles. The number of carbonyl (C=O) groups excluding carboxylic acids is 1. The molecule has 5 heteroatoms. The third-order valence-corrected chi connectivity index (χ3v) is 4.53. The van der Waals surface area contributed by atoms with E-state index >= 15 is 0 Å². The quantitative estimate of drug-likeness (QED) is 0.851. The van der Waals surface area contributed by atoms with Gasteiger partial charge >= 0.3 is 0 Å². The van der Waals surface area contributed by atoms with Crippen LogP contribution >= 0.6 is 0 Å². The van der Waals surface area contributed by atoms with Gasteiger partial charge < -0.3 is 14.2 Å². The van der Waals surface area contributed by atoms with Gasteiger partial charge in [0, 0.05) is 12.6 Å². The molecule has 5 nitrogen and oxygen atoms in total. The van der Waals surface area contributed by atoms with Crippen molar-refractivity contribution in [2.75, 3.05) is 26.7 Å². The van der Waals surface area contributed by atoms with Crippen molar-refractivity contribution in [1.82, 2.24) is 14.8 Å². The van der Waals surface area contributed by atoms with Gasteiger partial charge in [-0.05, 0) is 45.0 Å². The Morgan fingerprint density at radius 2 is 2.04 bits per heavy atom. The average Bonchev–Trinajstić information content (AvgIpc) is 3.12. The van der Waals surface area contributed by atoms with E-state index in [9.17, 15) is 4.79 Å². The Morgan fingerprint density at radius 3 is 2.70 bits per heavy atom. The molecule has 3 rings (SSSR count). The van der Waals surface area contributed by atoms with Gasteiger partial charge in [0.15, 0.2) is 12.1 Å². The van der Waals surface area contributed by atoms with Gasteiger partial charge in [-0.2, -0.15) is 0 Å². The number of rotatable bonds is 5. The van der Waals surface area contributed by atoms with E-state index in [1.165, 1.54) is 18.2 Å². The van der Waals surface area contributed by atoms with E-state index in [1.807, 2.05) is 23.1 Å². The molecule has 1 aromatic heterocycles. The van der Waals surface area contributed by atoms with Crippen molar-refractivity contribution in [3.8, 4) is 0 Å². The first kappa shape index (κ1) is 15.7. The molecular formula is C18H23N3O2. The third-order valence-electron chi connectivity index (χ3n) is 4.53. The van der Waals surface area contributed by atoms with Gasteiger partial charge in [-0.25, -0.2) is 4.98 Å². The van der Waals surface area contributed by atoms with Crippen molar-refractivity contribution in [1.29, 1.82) is 0 Å². The molecular weight excluding hydrogens is 290 g/mol. The van der Waals surface area contributed by atoms with Crippen LogP contribution in [0.15, 0.2) is 47.4 Å². The van der Waals surface area contributed by atoms with Crippen molar-refractivity contribution in [3.05, 3.63) is 54.2 Å². The Balaban J connectivity index is 1.71. The summed E-state index contributed by atoms with van der Waals surface area (Å²) in [7, 11) is 2.13. The summed E-state index contributed by atoms with van der Waals surface area (Å²) in [6, 6.07) is 10.6. The summed E-state index contributed by atoms with van der Waals surface area (Å²) in [5.41, 5.74) is 1.65. The number of hydrogen-bond donors (Lipinski definition) is 0. The zero-order valence-electron chi connectivity index (χ0n) is 13.5. The molecule has 23 heavy (non-hydrogen) atoms. The Morgan fingerprint density at radius 1 is 1.30 bits per heavy atom. The van der Waals surface area contributed by atoms with Crippen LogP contribution in [0.5, 0.6) is 0 Å². The lowest BCUT2D eigenvalue weighted by Gasteiger charge is -2.37. The molecule has 1 fully saturated rings. The molecule has 122 valence electrons. The lowest BCUT2D eigenvalue weighted by atomic mass is 10.0. The van der Waals surface area contributed by atoms with E-state index in [4.69, 9.17) is 4.42 Å². The zero-order valence-corrected chi connectivity index (χ0v) is 13.5. The molecule has 1 aromatic carbocycles. The number of nitrogens with zero attached hydrogens (tertiary/aromatic N) is 3. The van der Waals surface area contributed by atoms with Crippen LogP contribution in [0.3, 0.4) is 0 Å². The van der Waals surface area contributed by atoms with Crippen molar-refractivity contribution < 1.29 is 9.21 Å². The molecule has 0 aliphatic carbocycles. The summed E-state index contributed by atoms with van der Waals surface area (Å²) in [5, 5.41) is 0. The molecule has 1 amide bonds. The standard InChI is InChI=1S/C18H23N3O2/c1-20-10-8-16(9-11-20)21(18(22)17-13-23-14-19-17)12-7-15-5-3-2-4-6-15/h2-6,13-14,16H,7-12H2,1H3. The number of hydrogen-bond acceptors (Lipinski definition) is 4. The molecule has 2 aromatic rings.